The number of aromatic nitrogens is 1. The highest BCUT2D eigenvalue weighted by Gasteiger charge is 2.12. The van der Waals surface area contributed by atoms with Gasteiger partial charge in [0.2, 0.25) is 5.91 Å². The number of carbonyl (C=O) groups excluding carboxylic acids is 2. The van der Waals surface area contributed by atoms with Crippen molar-refractivity contribution < 1.29 is 19.2 Å². The molecule has 0 unspecified atom stereocenters. The third-order valence-electron chi connectivity index (χ3n) is 2.76. The van der Waals surface area contributed by atoms with Crippen LogP contribution in [0.2, 0.25) is 0 Å². The second kappa shape index (κ2) is 8.44. The zero-order valence-electron chi connectivity index (χ0n) is 13.1. The maximum absolute atomic E-state index is 11.9. The molecule has 1 aromatic heterocycles. The number of hydrogen-bond donors (Lipinski definition) is 2. The highest BCUT2D eigenvalue weighted by Crippen LogP contribution is 2.31. The standard InChI is InChI=1S/C14H14N4O5S2/c1-8-13(24-7-11(15)19)25-14(16-8)17-12(20)6-23-10-4-2-9(3-5-10)18(21)22/h2-5H,6-7H2,1H3,(H2,15,19)(H,16,17,20). The Hall–Kier alpha value is -2.66. The van der Waals surface area contributed by atoms with Crippen LogP contribution in [0.15, 0.2) is 28.5 Å². The molecule has 0 saturated heterocycles. The number of carbonyl (C=O) groups is 2. The molecule has 2 rings (SSSR count). The van der Waals surface area contributed by atoms with Gasteiger partial charge in [-0.3, -0.25) is 25.0 Å². The molecule has 0 bridgehead atoms. The van der Waals surface area contributed by atoms with E-state index in [1.807, 2.05) is 0 Å². The van der Waals surface area contributed by atoms with Crippen LogP contribution in [-0.2, 0) is 9.59 Å². The van der Waals surface area contributed by atoms with Crippen LogP contribution in [0.5, 0.6) is 5.75 Å². The molecule has 1 aromatic carbocycles. The van der Waals surface area contributed by atoms with Gasteiger partial charge in [-0.1, -0.05) is 11.3 Å². The van der Waals surface area contributed by atoms with E-state index in [0.717, 1.165) is 4.21 Å². The monoisotopic (exact) mass is 382 g/mol. The van der Waals surface area contributed by atoms with E-state index < -0.39 is 16.7 Å². The minimum absolute atomic E-state index is 0.0592. The van der Waals surface area contributed by atoms with Gasteiger partial charge in [-0.2, -0.15) is 0 Å². The van der Waals surface area contributed by atoms with Gasteiger partial charge < -0.3 is 10.5 Å². The number of primary amides is 1. The normalized spacial score (nSPS) is 10.3. The highest BCUT2D eigenvalue weighted by atomic mass is 32.2. The Morgan fingerprint density at radius 3 is 2.68 bits per heavy atom. The van der Waals surface area contributed by atoms with E-state index in [0.29, 0.717) is 16.6 Å². The van der Waals surface area contributed by atoms with E-state index in [1.54, 1.807) is 6.92 Å². The number of nitro benzene ring substituents is 1. The number of hydrogen-bond acceptors (Lipinski definition) is 8. The lowest BCUT2D eigenvalue weighted by molar-refractivity contribution is -0.384. The third kappa shape index (κ3) is 5.72. The summed E-state index contributed by atoms with van der Waals surface area (Å²) in [7, 11) is 0. The number of non-ortho nitro benzene ring substituents is 1. The number of nitrogens with one attached hydrogen (secondary N) is 1. The molecule has 2 aromatic rings. The van der Waals surface area contributed by atoms with Crippen molar-refractivity contribution in [2.24, 2.45) is 5.73 Å². The molecule has 1 heterocycles. The second-order valence-corrected chi connectivity index (χ2v) is 6.98. The molecule has 132 valence electrons. The molecule has 0 saturated carbocycles. The van der Waals surface area contributed by atoms with E-state index >= 15 is 0 Å². The fraction of sp³-hybridized carbons (Fsp3) is 0.214. The minimum atomic E-state index is -0.519. The van der Waals surface area contributed by atoms with E-state index in [9.17, 15) is 19.7 Å². The number of thiazole rings is 1. The number of benzene rings is 1. The lowest BCUT2D eigenvalue weighted by Crippen LogP contribution is -2.20. The Balaban J connectivity index is 1.86. The number of anilines is 1. The summed E-state index contributed by atoms with van der Waals surface area (Å²) in [5.74, 6) is -0.369. The first-order chi connectivity index (χ1) is 11.8. The zero-order valence-corrected chi connectivity index (χ0v) is 14.7. The summed E-state index contributed by atoms with van der Waals surface area (Å²) in [6.45, 7) is 1.50. The van der Waals surface area contributed by atoms with Crippen molar-refractivity contribution in [2.75, 3.05) is 17.7 Å². The average molecular weight is 382 g/mol. The van der Waals surface area contributed by atoms with Gasteiger partial charge >= 0.3 is 0 Å². The fourth-order valence-electron chi connectivity index (χ4n) is 1.67. The van der Waals surface area contributed by atoms with E-state index in [2.05, 4.69) is 10.3 Å². The van der Waals surface area contributed by atoms with Gasteiger partial charge in [0.1, 0.15) is 5.75 Å². The molecule has 0 aliphatic rings. The van der Waals surface area contributed by atoms with Gasteiger partial charge in [0.05, 0.1) is 20.6 Å². The molecule has 0 aliphatic heterocycles. The molecule has 0 aliphatic carbocycles. The van der Waals surface area contributed by atoms with E-state index in [4.69, 9.17) is 10.5 Å². The number of ether oxygens (including phenoxy) is 1. The Bertz CT molecular complexity index is 791. The quantitative estimate of drug-likeness (QED) is 0.404. The van der Waals surface area contributed by atoms with Gasteiger partial charge in [-0.15, -0.1) is 11.8 Å². The number of nitrogens with zero attached hydrogens (tertiary/aromatic N) is 2. The van der Waals surface area contributed by atoms with Crippen molar-refractivity contribution in [1.29, 1.82) is 0 Å². The number of nitro groups is 1. The predicted molar refractivity (Wildman–Crippen MR) is 94.0 cm³/mol. The second-order valence-electron chi connectivity index (χ2n) is 4.73. The average Bonchev–Trinajstić information content (AvgIpc) is 2.90. The molecule has 11 heteroatoms. The maximum Gasteiger partial charge on any atom is 0.269 e. The molecule has 0 atom stereocenters. The van der Waals surface area contributed by atoms with Gasteiger partial charge in [0.15, 0.2) is 11.7 Å². The van der Waals surface area contributed by atoms with Gasteiger partial charge in [0, 0.05) is 12.1 Å². The van der Waals surface area contributed by atoms with Crippen LogP contribution in [-0.4, -0.2) is 34.1 Å². The van der Waals surface area contributed by atoms with Crippen molar-refractivity contribution in [2.45, 2.75) is 11.1 Å². The first-order valence-electron chi connectivity index (χ1n) is 6.91. The molecule has 0 radical (unpaired) electrons. The summed E-state index contributed by atoms with van der Waals surface area (Å²) in [6, 6.07) is 5.41. The van der Waals surface area contributed by atoms with Crippen LogP contribution in [0.25, 0.3) is 0 Å². The van der Waals surface area contributed by atoms with Crippen LogP contribution in [0.4, 0.5) is 10.8 Å². The number of rotatable bonds is 8. The Morgan fingerprint density at radius 1 is 1.40 bits per heavy atom. The summed E-state index contributed by atoms with van der Waals surface area (Å²) in [4.78, 5) is 36.9. The SMILES string of the molecule is Cc1nc(NC(=O)COc2ccc([N+](=O)[O-])cc2)sc1SCC(N)=O. The highest BCUT2D eigenvalue weighted by molar-refractivity contribution is 8.01. The Morgan fingerprint density at radius 2 is 2.08 bits per heavy atom. The summed E-state index contributed by atoms with van der Waals surface area (Å²) >= 11 is 2.50. The molecule has 0 spiro atoms. The summed E-state index contributed by atoms with van der Waals surface area (Å²) in [5.41, 5.74) is 5.74. The van der Waals surface area contributed by atoms with Crippen LogP contribution >= 0.6 is 23.1 Å². The van der Waals surface area contributed by atoms with Crippen molar-refractivity contribution >= 4 is 45.7 Å². The van der Waals surface area contributed by atoms with E-state index in [-0.39, 0.29) is 18.0 Å². The topological polar surface area (TPSA) is 137 Å². The Kier molecular flexibility index (Phi) is 6.31. The summed E-state index contributed by atoms with van der Waals surface area (Å²) in [6.07, 6.45) is 0. The van der Waals surface area contributed by atoms with Crippen LogP contribution in [0, 0.1) is 17.0 Å². The van der Waals surface area contributed by atoms with Crippen LogP contribution in [0.1, 0.15) is 5.69 Å². The molecule has 2 amide bonds. The van der Waals surface area contributed by atoms with Gasteiger partial charge in [-0.25, -0.2) is 4.98 Å². The maximum atomic E-state index is 11.9. The number of amides is 2. The number of nitrogens with two attached hydrogens (primary N) is 1. The number of thioether (sulfide) groups is 1. The smallest absolute Gasteiger partial charge is 0.269 e. The largest absolute Gasteiger partial charge is 0.484 e. The van der Waals surface area contributed by atoms with Crippen molar-refractivity contribution in [3.63, 3.8) is 0 Å². The van der Waals surface area contributed by atoms with Crippen molar-refractivity contribution in [1.82, 2.24) is 4.98 Å². The molecule has 0 fully saturated rings. The zero-order chi connectivity index (χ0) is 18.4. The molecule has 25 heavy (non-hydrogen) atoms. The lowest BCUT2D eigenvalue weighted by Gasteiger charge is -2.05. The third-order valence-corrected chi connectivity index (χ3v) is 5.22. The molecular weight excluding hydrogens is 368 g/mol. The number of aryl methyl sites for hydroxylation is 1. The fourth-order valence-corrected chi connectivity index (χ4v) is 3.57. The van der Waals surface area contributed by atoms with Crippen LogP contribution in [0.3, 0.4) is 0 Å². The van der Waals surface area contributed by atoms with Crippen molar-refractivity contribution in [3.05, 3.63) is 40.1 Å². The first-order valence-corrected chi connectivity index (χ1v) is 8.71. The summed E-state index contributed by atoms with van der Waals surface area (Å²) < 4.78 is 6.06. The van der Waals surface area contributed by atoms with E-state index in [1.165, 1.54) is 47.4 Å². The van der Waals surface area contributed by atoms with Crippen molar-refractivity contribution in [3.8, 4) is 5.75 Å². The molecule has 3 N–H and O–H groups in total. The van der Waals surface area contributed by atoms with Gasteiger partial charge in [0.25, 0.3) is 11.6 Å². The molecule has 9 nitrogen and oxygen atoms in total. The Labute approximate surface area is 150 Å². The molecular formula is C14H14N4O5S2. The van der Waals surface area contributed by atoms with Gasteiger partial charge in [-0.05, 0) is 19.1 Å². The van der Waals surface area contributed by atoms with Crippen LogP contribution < -0.4 is 15.8 Å². The predicted octanol–water partition coefficient (Wildman–Crippen LogP) is 1.95. The summed E-state index contributed by atoms with van der Waals surface area (Å²) in [5, 5.41) is 13.5. The lowest BCUT2D eigenvalue weighted by atomic mass is 10.3. The minimum Gasteiger partial charge on any atom is -0.484 e. The first kappa shape index (κ1) is 18.7.